The molecule has 1 fully saturated rings. The Bertz CT molecular complexity index is 5930. The fourth-order valence-corrected chi connectivity index (χ4v) is 15.0. The summed E-state index contributed by atoms with van der Waals surface area (Å²) in [5, 5.41) is 19.6. The zero-order valence-corrected chi connectivity index (χ0v) is 55.2. The molecule has 6 heteroatoms. The fourth-order valence-electron chi connectivity index (χ4n) is 14.3. The fraction of sp³-hybridized carbons (Fsp3) is 0.0667. The van der Waals surface area contributed by atoms with Crippen LogP contribution >= 0.6 is 15.9 Å². The van der Waals surface area contributed by atoms with Crippen LogP contribution in [0.15, 0.2) is 329 Å². The molecule has 0 atom stereocenters. The highest BCUT2D eigenvalue weighted by atomic mass is 79.9. The molecule has 458 valence electrons. The van der Waals surface area contributed by atoms with Crippen LogP contribution < -0.4 is 5.46 Å². The number of hydrogen-bond donors (Lipinski definition) is 0. The molecule has 19 rings (SSSR count). The number of furan rings is 2. The van der Waals surface area contributed by atoms with Crippen molar-refractivity contribution < 1.29 is 18.1 Å². The third-order valence-electron chi connectivity index (χ3n) is 19.9. The first-order valence-corrected chi connectivity index (χ1v) is 33.7. The van der Waals surface area contributed by atoms with Crippen LogP contribution in [0.2, 0.25) is 0 Å². The van der Waals surface area contributed by atoms with Gasteiger partial charge in [0.05, 0.1) is 11.2 Å². The lowest BCUT2D eigenvalue weighted by Gasteiger charge is -2.32. The second kappa shape index (κ2) is 23.9. The molecule has 18 aromatic rings. The van der Waals surface area contributed by atoms with Gasteiger partial charge in [-0.05, 0) is 218 Å². The Labute approximate surface area is 565 Å². The van der Waals surface area contributed by atoms with E-state index in [9.17, 15) is 0 Å². The maximum Gasteiger partial charge on any atom is 0.494 e. The Morgan fingerprint density at radius 2 is 0.531 bits per heavy atom. The van der Waals surface area contributed by atoms with Gasteiger partial charge in [0.2, 0.25) is 0 Å². The van der Waals surface area contributed by atoms with E-state index in [0.29, 0.717) is 0 Å². The maximum absolute atomic E-state index is 6.16. The summed E-state index contributed by atoms with van der Waals surface area (Å²) in [5.74, 6) is 0. The van der Waals surface area contributed by atoms with E-state index < -0.39 is 0 Å². The standard InChI is InChI=1S/C42H26O.C26H15BrO.C22H23BO2/c1-2-10-30-25-31(22-19-27(30)9-1)28-17-20-29(21-18-28)41-34-12-3-5-14-36(34)42(37-15-6-4-13-35(37)41)32-23-24-40-38(26-32)33-11-7-8-16-39(33)43-40;27-26-20-10-3-1-8-18(20)25(19-9-2-4-11-21(19)26)16-13-14-24-22(15-16)17-7-5-6-12-23(17)28-24;1-21(2)22(3,4)25-23(24-21)20-13-11-17(12-14-20)19-10-9-16-7-5-6-8-18(16)15-19/h1-26H;1-15H;5-15H,1-4H3. The highest BCUT2D eigenvalue weighted by Crippen LogP contribution is 2.47. The first-order valence-electron chi connectivity index (χ1n) is 32.9. The Morgan fingerprint density at radius 3 is 0.948 bits per heavy atom. The van der Waals surface area contributed by atoms with Gasteiger partial charge in [-0.15, -0.1) is 0 Å². The van der Waals surface area contributed by atoms with Crippen molar-refractivity contribution in [3.05, 3.63) is 320 Å². The van der Waals surface area contributed by atoms with E-state index in [2.05, 4.69) is 335 Å². The molecule has 96 heavy (non-hydrogen) atoms. The van der Waals surface area contributed by atoms with Crippen LogP contribution in [0.25, 0.3) is 164 Å². The van der Waals surface area contributed by atoms with Crippen molar-refractivity contribution in [2.24, 2.45) is 0 Å². The summed E-state index contributed by atoms with van der Waals surface area (Å²) in [5.41, 5.74) is 16.4. The van der Waals surface area contributed by atoms with Crippen LogP contribution in [0.3, 0.4) is 0 Å². The molecule has 1 aliphatic rings. The van der Waals surface area contributed by atoms with Gasteiger partial charge in [0.15, 0.2) is 0 Å². The average Bonchev–Trinajstić information content (AvgIpc) is 1.49. The largest absolute Gasteiger partial charge is 0.494 e. The van der Waals surface area contributed by atoms with E-state index in [0.717, 1.165) is 53.8 Å². The lowest BCUT2D eigenvalue weighted by Crippen LogP contribution is -2.41. The number of fused-ring (bicyclic) bond motifs is 12. The quantitative estimate of drug-likeness (QED) is 0.123. The van der Waals surface area contributed by atoms with Gasteiger partial charge in [-0.2, -0.15) is 0 Å². The highest BCUT2D eigenvalue weighted by molar-refractivity contribution is 9.10. The van der Waals surface area contributed by atoms with Crippen molar-refractivity contribution in [1.82, 2.24) is 0 Å². The first kappa shape index (κ1) is 58.9. The van der Waals surface area contributed by atoms with E-state index in [4.69, 9.17) is 18.1 Å². The van der Waals surface area contributed by atoms with Crippen LogP contribution in [-0.2, 0) is 9.31 Å². The molecule has 2 aromatic heterocycles. The molecular formula is C90H64BBrO4. The Balaban J connectivity index is 0.000000115. The molecule has 0 unspecified atom stereocenters. The van der Waals surface area contributed by atoms with Gasteiger partial charge in [0.1, 0.15) is 22.3 Å². The van der Waals surface area contributed by atoms with E-state index in [-0.39, 0.29) is 18.3 Å². The summed E-state index contributed by atoms with van der Waals surface area (Å²) in [6, 6.07) is 112. The summed E-state index contributed by atoms with van der Waals surface area (Å²) >= 11 is 3.84. The monoisotopic (exact) mass is 1300 g/mol. The Morgan fingerprint density at radius 1 is 0.240 bits per heavy atom. The molecule has 3 heterocycles. The number of halogens is 1. The normalized spacial score (nSPS) is 13.5. The highest BCUT2D eigenvalue weighted by Gasteiger charge is 2.51. The summed E-state index contributed by atoms with van der Waals surface area (Å²) in [4.78, 5) is 0. The van der Waals surface area contributed by atoms with E-state index in [1.807, 2.05) is 24.3 Å². The van der Waals surface area contributed by atoms with Crippen molar-refractivity contribution in [3.8, 4) is 55.6 Å². The van der Waals surface area contributed by atoms with Crippen molar-refractivity contribution in [2.75, 3.05) is 0 Å². The summed E-state index contributed by atoms with van der Waals surface area (Å²) < 4.78 is 25.6. The molecular weight excluding hydrogens is 1240 g/mol. The van der Waals surface area contributed by atoms with Crippen LogP contribution in [0.5, 0.6) is 0 Å². The van der Waals surface area contributed by atoms with Crippen LogP contribution in [0.1, 0.15) is 27.7 Å². The number of para-hydroxylation sites is 2. The minimum Gasteiger partial charge on any atom is -0.456 e. The van der Waals surface area contributed by atoms with Crippen molar-refractivity contribution in [1.29, 1.82) is 0 Å². The van der Waals surface area contributed by atoms with Gasteiger partial charge in [-0.1, -0.05) is 267 Å². The minimum absolute atomic E-state index is 0.310. The van der Waals surface area contributed by atoms with E-state index >= 15 is 0 Å². The maximum atomic E-state index is 6.16. The summed E-state index contributed by atoms with van der Waals surface area (Å²) in [6.07, 6.45) is 0. The molecule has 4 nitrogen and oxygen atoms in total. The van der Waals surface area contributed by atoms with Crippen molar-refractivity contribution >= 4 is 137 Å². The number of benzene rings is 16. The minimum atomic E-state index is -0.311. The van der Waals surface area contributed by atoms with Gasteiger partial charge in [-0.3, -0.25) is 0 Å². The molecule has 0 aliphatic carbocycles. The topological polar surface area (TPSA) is 44.7 Å². The van der Waals surface area contributed by atoms with Gasteiger partial charge in [0, 0.05) is 26.0 Å². The van der Waals surface area contributed by atoms with Crippen LogP contribution in [-0.4, -0.2) is 18.3 Å². The third kappa shape index (κ3) is 10.4. The Hall–Kier alpha value is -10.9. The predicted octanol–water partition coefficient (Wildman–Crippen LogP) is 25.2. The third-order valence-corrected chi connectivity index (χ3v) is 20.8. The molecule has 16 aromatic carbocycles. The Kier molecular flexibility index (Phi) is 14.6. The number of rotatable bonds is 6. The molecule has 0 bridgehead atoms. The molecule has 0 N–H and O–H groups in total. The van der Waals surface area contributed by atoms with Crippen LogP contribution in [0, 0.1) is 0 Å². The average molecular weight is 1300 g/mol. The van der Waals surface area contributed by atoms with Gasteiger partial charge in [0.25, 0.3) is 0 Å². The molecule has 0 saturated carbocycles. The molecule has 1 aliphatic heterocycles. The van der Waals surface area contributed by atoms with E-state index in [1.165, 1.54) is 120 Å². The molecule has 0 radical (unpaired) electrons. The van der Waals surface area contributed by atoms with Gasteiger partial charge in [-0.25, -0.2) is 0 Å². The zero-order chi connectivity index (χ0) is 64.7. The second-order valence-corrected chi connectivity index (χ2v) is 26.9. The lowest BCUT2D eigenvalue weighted by atomic mass is 9.78. The zero-order valence-electron chi connectivity index (χ0n) is 53.6. The second-order valence-electron chi connectivity index (χ2n) is 26.2. The first-order chi connectivity index (χ1) is 47.0. The van der Waals surface area contributed by atoms with Gasteiger partial charge >= 0.3 is 7.12 Å². The smallest absolute Gasteiger partial charge is 0.456 e. The van der Waals surface area contributed by atoms with Crippen molar-refractivity contribution in [3.63, 3.8) is 0 Å². The SMILES string of the molecule is Brc1c2ccccc2c(-c2ccc3oc4ccccc4c3c2)c2ccccc12.CC1(C)OB(c2ccc(-c3ccc4ccccc4c3)cc2)OC1(C)C.c1ccc2cc(-c3ccc(-c4c5ccccc5c(-c5ccc6oc7ccccc7c6c5)c5ccccc45)cc3)ccc2c1. The van der Waals surface area contributed by atoms with Crippen LogP contribution in [0.4, 0.5) is 0 Å². The van der Waals surface area contributed by atoms with E-state index in [1.54, 1.807) is 0 Å². The summed E-state index contributed by atoms with van der Waals surface area (Å²) in [6.45, 7) is 8.32. The molecule has 1 saturated heterocycles. The summed E-state index contributed by atoms with van der Waals surface area (Å²) in [7, 11) is -0.310. The predicted molar refractivity (Wildman–Crippen MR) is 410 cm³/mol. The molecule has 0 spiro atoms. The number of hydrogen-bond acceptors (Lipinski definition) is 4. The lowest BCUT2D eigenvalue weighted by molar-refractivity contribution is 0.00578. The van der Waals surface area contributed by atoms with Gasteiger partial charge < -0.3 is 18.1 Å². The molecule has 0 amide bonds. The van der Waals surface area contributed by atoms with Crippen molar-refractivity contribution in [2.45, 2.75) is 38.9 Å².